The fourth-order valence-corrected chi connectivity index (χ4v) is 5.62. The molecule has 0 saturated heterocycles. The van der Waals surface area contributed by atoms with Crippen LogP contribution in [0.5, 0.6) is 0 Å². The maximum absolute atomic E-state index is 12.6. The molecule has 0 heterocycles. The quantitative estimate of drug-likeness (QED) is 0.235. The van der Waals surface area contributed by atoms with E-state index in [9.17, 15) is 18.7 Å². The summed E-state index contributed by atoms with van der Waals surface area (Å²) in [6.07, 6.45) is 3.10. The summed E-state index contributed by atoms with van der Waals surface area (Å²) < 4.78 is 22.9. The molecular weight excluding hydrogens is 517 g/mol. The SMILES string of the molecule is CCCC(CC(C)C)CN(c1ccccc1)c1cc(Cl)c(-c2cc(Cl)cc(C(=O)O)c2)cc1S(=O)O. The predicted molar refractivity (Wildman–Crippen MR) is 149 cm³/mol. The molecule has 0 radical (unpaired) electrons. The first-order valence-electron chi connectivity index (χ1n) is 11.9. The Morgan fingerprint density at radius 1 is 1.06 bits per heavy atom. The minimum atomic E-state index is -2.33. The number of carboxylic acid groups (broad SMARTS) is 1. The van der Waals surface area contributed by atoms with Crippen LogP contribution in [-0.4, -0.2) is 26.4 Å². The molecule has 2 N–H and O–H groups in total. The van der Waals surface area contributed by atoms with Crippen LogP contribution in [0.4, 0.5) is 11.4 Å². The van der Waals surface area contributed by atoms with Crippen molar-refractivity contribution in [3.63, 3.8) is 0 Å². The van der Waals surface area contributed by atoms with Crippen LogP contribution < -0.4 is 4.90 Å². The molecule has 5 nitrogen and oxygen atoms in total. The van der Waals surface area contributed by atoms with E-state index in [4.69, 9.17) is 23.2 Å². The van der Waals surface area contributed by atoms with E-state index in [1.54, 1.807) is 18.2 Å². The van der Waals surface area contributed by atoms with Gasteiger partial charge in [0.2, 0.25) is 0 Å². The van der Waals surface area contributed by atoms with Crippen molar-refractivity contribution in [2.75, 3.05) is 11.4 Å². The van der Waals surface area contributed by atoms with E-state index in [1.807, 2.05) is 30.3 Å². The second-order valence-corrected chi connectivity index (χ2v) is 11.1. The number of hydrogen-bond acceptors (Lipinski definition) is 3. The molecule has 192 valence electrons. The number of halogens is 2. The fourth-order valence-electron chi connectivity index (χ4n) is 4.55. The molecule has 3 aromatic carbocycles. The maximum atomic E-state index is 12.6. The topological polar surface area (TPSA) is 77.8 Å². The van der Waals surface area contributed by atoms with Crippen LogP contribution in [-0.2, 0) is 11.1 Å². The van der Waals surface area contributed by atoms with E-state index < -0.39 is 17.0 Å². The number of benzene rings is 3. The van der Waals surface area contributed by atoms with Crippen molar-refractivity contribution >= 4 is 51.6 Å². The Morgan fingerprint density at radius 2 is 1.75 bits per heavy atom. The van der Waals surface area contributed by atoms with Gasteiger partial charge in [0.05, 0.1) is 21.2 Å². The van der Waals surface area contributed by atoms with Gasteiger partial charge >= 0.3 is 5.97 Å². The number of para-hydroxylation sites is 1. The Hall–Kier alpha value is -2.38. The zero-order chi connectivity index (χ0) is 26.4. The number of rotatable bonds is 11. The lowest BCUT2D eigenvalue weighted by Crippen LogP contribution is -2.27. The van der Waals surface area contributed by atoms with Crippen LogP contribution in [0.3, 0.4) is 0 Å². The number of nitrogens with zero attached hydrogens (tertiary/aromatic N) is 1. The molecule has 0 spiro atoms. The Morgan fingerprint density at radius 3 is 2.33 bits per heavy atom. The van der Waals surface area contributed by atoms with Crippen LogP contribution >= 0.6 is 23.2 Å². The summed E-state index contributed by atoms with van der Waals surface area (Å²) in [4.78, 5) is 13.8. The molecule has 0 bridgehead atoms. The fraction of sp³-hybridized carbons (Fsp3) is 0.321. The molecule has 2 atom stereocenters. The van der Waals surface area contributed by atoms with E-state index in [-0.39, 0.29) is 15.5 Å². The molecular formula is C28H31Cl2NO4S. The van der Waals surface area contributed by atoms with Gasteiger partial charge in [0.25, 0.3) is 0 Å². The first-order valence-corrected chi connectivity index (χ1v) is 13.8. The Bertz CT molecular complexity index is 1230. The van der Waals surface area contributed by atoms with E-state index in [2.05, 4.69) is 25.7 Å². The van der Waals surface area contributed by atoms with Crippen LogP contribution in [0.1, 0.15) is 50.4 Å². The summed E-state index contributed by atoms with van der Waals surface area (Å²) in [6, 6.07) is 17.4. The highest BCUT2D eigenvalue weighted by atomic mass is 35.5. The lowest BCUT2D eigenvalue weighted by molar-refractivity contribution is 0.0697. The number of carbonyl (C=O) groups is 1. The summed E-state index contributed by atoms with van der Waals surface area (Å²) in [7, 11) is 0. The van der Waals surface area contributed by atoms with Crippen molar-refractivity contribution in [2.45, 2.75) is 44.9 Å². The Kier molecular flexibility index (Phi) is 9.97. The molecule has 0 amide bonds. The van der Waals surface area contributed by atoms with Gasteiger partial charge < -0.3 is 14.6 Å². The lowest BCUT2D eigenvalue weighted by Gasteiger charge is -2.32. The van der Waals surface area contributed by atoms with Gasteiger partial charge in [-0.25, -0.2) is 9.00 Å². The van der Waals surface area contributed by atoms with Crippen molar-refractivity contribution < 1.29 is 18.7 Å². The number of hydrogen-bond donors (Lipinski definition) is 2. The van der Waals surface area contributed by atoms with Gasteiger partial charge in [0.15, 0.2) is 11.1 Å². The highest BCUT2D eigenvalue weighted by molar-refractivity contribution is 7.79. The molecule has 0 aliphatic carbocycles. The molecule has 36 heavy (non-hydrogen) atoms. The molecule has 0 fully saturated rings. The zero-order valence-electron chi connectivity index (χ0n) is 20.6. The molecule has 0 aliphatic heterocycles. The average Bonchev–Trinajstić information content (AvgIpc) is 2.82. The number of anilines is 2. The summed E-state index contributed by atoms with van der Waals surface area (Å²) in [5, 5.41) is 10.0. The zero-order valence-corrected chi connectivity index (χ0v) is 22.9. The molecule has 0 aliphatic rings. The van der Waals surface area contributed by atoms with E-state index >= 15 is 0 Å². The van der Waals surface area contributed by atoms with Gasteiger partial charge in [-0.15, -0.1) is 0 Å². The van der Waals surface area contributed by atoms with Crippen LogP contribution in [0.25, 0.3) is 11.1 Å². The van der Waals surface area contributed by atoms with Gasteiger partial charge in [-0.1, -0.05) is 68.6 Å². The Labute approximate surface area is 225 Å². The third-order valence-electron chi connectivity index (χ3n) is 5.99. The molecule has 0 aromatic heterocycles. The van der Waals surface area contributed by atoms with Crippen LogP contribution in [0.2, 0.25) is 10.0 Å². The normalized spacial score (nSPS) is 13.0. The first kappa shape index (κ1) is 28.2. The summed E-state index contributed by atoms with van der Waals surface area (Å²) in [6.45, 7) is 7.23. The van der Waals surface area contributed by atoms with Crippen molar-refractivity contribution in [1.29, 1.82) is 0 Å². The van der Waals surface area contributed by atoms with Gasteiger partial charge in [0, 0.05) is 22.8 Å². The van der Waals surface area contributed by atoms with Gasteiger partial charge in [-0.3, -0.25) is 0 Å². The lowest BCUT2D eigenvalue weighted by atomic mass is 9.92. The highest BCUT2D eigenvalue weighted by Crippen LogP contribution is 2.40. The molecule has 3 aromatic rings. The van der Waals surface area contributed by atoms with E-state index in [1.165, 1.54) is 12.1 Å². The summed E-state index contributed by atoms with van der Waals surface area (Å²) in [5.41, 5.74) is 2.34. The van der Waals surface area contributed by atoms with Crippen molar-refractivity contribution in [3.05, 3.63) is 76.3 Å². The third-order valence-corrected chi connectivity index (χ3v) is 7.23. The van der Waals surface area contributed by atoms with Crippen molar-refractivity contribution in [1.82, 2.24) is 0 Å². The monoisotopic (exact) mass is 547 g/mol. The first-order chi connectivity index (χ1) is 17.1. The minimum Gasteiger partial charge on any atom is -0.478 e. The van der Waals surface area contributed by atoms with Crippen molar-refractivity contribution in [2.24, 2.45) is 11.8 Å². The smallest absolute Gasteiger partial charge is 0.335 e. The van der Waals surface area contributed by atoms with Gasteiger partial charge in [0.1, 0.15) is 0 Å². The minimum absolute atomic E-state index is 0.00585. The molecule has 0 saturated carbocycles. The van der Waals surface area contributed by atoms with E-state index in [0.29, 0.717) is 40.2 Å². The van der Waals surface area contributed by atoms with Crippen molar-refractivity contribution in [3.8, 4) is 11.1 Å². The molecule has 2 unspecified atom stereocenters. The second-order valence-electron chi connectivity index (χ2n) is 9.31. The molecule has 3 rings (SSSR count). The predicted octanol–water partition coefficient (Wildman–Crippen LogP) is 8.54. The number of carboxylic acids is 1. The standard InChI is InChI=1S/C28H31Cl2NO4S/c1-4-8-19(11-18(2)3)17-31(23-9-6-5-7-10-23)26-16-25(30)24(15-27(26)36(34)35)20-12-21(28(32)33)14-22(29)13-20/h5-7,9-10,12-16,18-19H,4,8,11,17H2,1-3H3,(H,32,33)(H,34,35). The maximum Gasteiger partial charge on any atom is 0.335 e. The van der Waals surface area contributed by atoms with Crippen LogP contribution in [0, 0.1) is 11.8 Å². The largest absolute Gasteiger partial charge is 0.478 e. The molecule has 8 heteroatoms. The third kappa shape index (κ3) is 7.10. The summed E-state index contributed by atoms with van der Waals surface area (Å²) in [5.74, 6) is -0.234. The van der Waals surface area contributed by atoms with Crippen LogP contribution in [0.15, 0.2) is 65.6 Å². The average molecular weight is 549 g/mol. The van der Waals surface area contributed by atoms with Gasteiger partial charge in [-0.2, -0.15) is 0 Å². The second kappa shape index (κ2) is 12.7. The highest BCUT2D eigenvalue weighted by Gasteiger charge is 2.24. The number of aromatic carboxylic acids is 1. The Balaban J connectivity index is 2.18. The summed E-state index contributed by atoms with van der Waals surface area (Å²) >= 11 is 10.6. The van der Waals surface area contributed by atoms with Gasteiger partial charge in [-0.05, 0) is 72.7 Å². The van der Waals surface area contributed by atoms with E-state index in [0.717, 1.165) is 24.9 Å².